The maximum Gasteiger partial charge on any atom is 0.232 e. The molecule has 6 nitrogen and oxygen atoms in total. The summed E-state index contributed by atoms with van der Waals surface area (Å²) in [5, 5.41) is 5.35. The van der Waals surface area contributed by atoms with Crippen molar-refractivity contribution in [2.45, 2.75) is 12.3 Å². The molecule has 0 saturated heterocycles. The Hall–Kier alpha value is -2.96. The number of nitrogens with zero attached hydrogens (tertiary/aromatic N) is 2. The minimum atomic E-state index is -0.664. The van der Waals surface area contributed by atoms with E-state index >= 15 is 0 Å². The highest BCUT2D eigenvalue weighted by Gasteiger charge is 2.31. The number of carbonyl (C=O) groups excluding carboxylic acids is 2. The normalized spacial score (nSPS) is 16.1. The molecule has 0 aliphatic carbocycles. The van der Waals surface area contributed by atoms with Gasteiger partial charge in [-0.05, 0) is 29.8 Å². The number of anilines is 3. The van der Waals surface area contributed by atoms with Gasteiger partial charge < -0.3 is 15.5 Å². The topological polar surface area (TPSA) is 74.3 Å². The summed E-state index contributed by atoms with van der Waals surface area (Å²) in [6.45, 7) is 0. The average molecular weight is 328 g/mol. The van der Waals surface area contributed by atoms with Crippen LogP contribution in [0.25, 0.3) is 0 Å². The molecule has 2 heterocycles. The number of benzene rings is 1. The van der Waals surface area contributed by atoms with Crippen molar-refractivity contribution >= 4 is 29.0 Å². The fraction of sp³-hybridized carbons (Fsp3) is 0.235. The second kappa shape index (κ2) is 6.27. The van der Waals surface area contributed by atoms with Crippen molar-refractivity contribution in [1.29, 1.82) is 0 Å². The van der Waals surface area contributed by atoms with Crippen LogP contribution in [0.5, 0.6) is 0 Å². The SMILES string of the molecule is CN(C)c1ccc(NC(=O)C2CC(=O)Nc3cc(F)ccc32)cn1. The molecule has 0 bridgehead atoms. The molecule has 1 aromatic carbocycles. The molecule has 24 heavy (non-hydrogen) atoms. The van der Waals surface area contributed by atoms with Crippen molar-refractivity contribution in [1.82, 2.24) is 4.98 Å². The number of pyridine rings is 1. The van der Waals surface area contributed by atoms with Crippen LogP contribution in [0.4, 0.5) is 21.6 Å². The highest BCUT2D eigenvalue weighted by Crippen LogP contribution is 2.33. The molecule has 2 N–H and O–H groups in total. The summed E-state index contributed by atoms with van der Waals surface area (Å²) < 4.78 is 13.3. The summed E-state index contributed by atoms with van der Waals surface area (Å²) in [6.07, 6.45) is 1.58. The van der Waals surface area contributed by atoms with Crippen LogP contribution >= 0.6 is 0 Å². The number of aromatic nitrogens is 1. The Morgan fingerprint density at radius 1 is 1.33 bits per heavy atom. The molecule has 2 aromatic rings. The van der Waals surface area contributed by atoms with Crippen molar-refractivity contribution < 1.29 is 14.0 Å². The lowest BCUT2D eigenvalue weighted by Gasteiger charge is -2.25. The summed E-state index contributed by atoms with van der Waals surface area (Å²) in [6, 6.07) is 7.56. The molecular formula is C17H17FN4O2. The highest BCUT2D eigenvalue weighted by molar-refractivity contribution is 6.05. The van der Waals surface area contributed by atoms with Crippen molar-refractivity contribution in [2.75, 3.05) is 29.6 Å². The monoisotopic (exact) mass is 328 g/mol. The van der Waals surface area contributed by atoms with Crippen LogP contribution in [-0.4, -0.2) is 30.9 Å². The number of rotatable bonds is 3. The summed E-state index contributed by atoms with van der Waals surface area (Å²) >= 11 is 0. The van der Waals surface area contributed by atoms with E-state index < -0.39 is 11.7 Å². The second-order valence-corrected chi connectivity index (χ2v) is 5.83. The van der Waals surface area contributed by atoms with Crippen LogP contribution in [-0.2, 0) is 9.59 Å². The van der Waals surface area contributed by atoms with Crippen molar-refractivity contribution in [3.63, 3.8) is 0 Å². The van der Waals surface area contributed by atoms with E-state index in [1.165, 1.54) is 18.2 Å². The number of carbonyl (C=O) groups is 2. The third kappa shape index (κ3) is 3.19. The number of nitrogens with one attached hydrogen (secondary N) is 2. The predicted octanol–water partition coefficient (Wildman–Crippen LogP) is 2.35. The Labute approximate surface area is 138 Å². The fourth-order valence-corrected chi connectivity index (χ4v) is 2.63. The van der Waals surface area contributed by atoms with E-state index in [4.69, 9.17) is 0 Å². The Balaban J connectivity index is 1.81. The van der Waals surface area contributed by atoms with Crippen LogP contribution in [0.15, 0.2) is 36.5 Å². The molecule has 0 spiro atoms. The minimum absolute atomic E-state index is 0.0215. The first-order valence-corrected chi connectivity index (χ1v) is 7.47. The Bertz CT molecular complexity index is 790. The van der Waals surface area contributed by atoms with Gasteiger partial charge >= 0.3 is 0 Å². The van der Waals surface area contributed by atoms with Crippen LogP contribution in [0, 0.1) is 5.82 Å². The zero-order valence-electron chi connectivity index (χ0n) is 13.3. The minimum Gasteiger partial charge on any atom is -0.363 e. The lowest BCUT2D eigenvalue weighted by atomic mass is 9.89. The van der Waals surface area contributed by atoms with Gasteiger partial charge in [0.15, 0.2) is 0 Å². The van der Waals surface area contributed by atoms with Gasteiger partial charge in [-0.3, -0.25) is 9.59 Å². The second-order valence-electron chi connectivity index (χ2n) is 5.83. The molecule has 0 fully saturated rings. The van der Waals surface area contributed by atoms with Gasteiger partial charge in [-0.25, -0.2) is 9.37 Å². The lowest BCUT2D eigenvalue weighted by Crippen LogP contribution is -2.30. The third-order valence-corrected chi connectivity index (χ3v) is 3.84. The number of fused-ring (bicyclic) bond motifs is 1. The largest absolute Gasteiger partial charge is 0.363 e. The standard InChI is InChI=1S/C17H17FN4O2/c1-22(2)15-6-4-11(9-19-15)20-17(24)13-8-16(23)21-14-7-10(18)3-5-12(13)14/h3-7,9,13H,8H2,1-2H3,(H,20,24)(H,21,23). The molecule has 1 atom stereocenters. The van der Waals surface area contributed by atoms with E-state index in [1.807, 2.05) is 19.0 Å². The van der Waals surface area contributed by atoms with Gasteiger partial charge in [0.05, 0.1) is 17.8 Å². The molecule has 1 aliphatic rings. The molecule has 2 amide bonds. The van der Waals surface area contributed by atoms with Crippen molar-refractivity contribution in [3.8, 4) is 0 Å². The van der Waals surface area contributed by atoms with Gasteiger partial charge in [0, 0.05) is 26.2 Å². The van der Waals surface area contributed by atoms with E-state index in [9.17, 15) is 14.0 Å². The van der Waals surface area contributed by atoms with Crippen molar-refractivity contribution in [2.24, 2.45) is 0 Å². The van der Waals surface area contributed by atoms with Crippen LogP contribution in [0.2, 0.25) is 0 Å². The number of hydrogen-bond donors (Lipinski definition) is 2. The van der Waals surface area contributed by atoms with Gasteiger partial charge in [0.25, 0.3) is 0 Å². The summed E-state index contributed by atoms with van der Waals surface area (Å²) in [7, 11) is 3.74. The Kier molecular flexibility index (Phi) is 4.16. The van der Waals surface area contributed by atoms with Gasteiger partial charge in [0.1, 0.15) is 11.6 Å². The molecule has 1 aromatic heterocycles. The Morgan fingerprint density at radius 3 is 2.79 bits per heavy atom. The maximum atomic E-state index is 13.3. The summed E-state index contributed by atoms with van der Waals surface area (Å²) in [5.74, 6) is -0.987. The van der Waals surface area contributed by atoms with E-state index in [1.54, 1.807) is 18.3 Å². The van der Waals surface area contributed by atoms with Gasteiger partial charge in [-0.1, -0.05) is 6.07 Å². The van der Waals surface area contributed by atoms with E-state index in [0.717, 1.165) is 5.82 Å². The molecular weight excluding hydrogens is 311 g/mol. The molecule has 1 unspecified atom stereocenters. The number of amides is 2. The first-order valence-electron chi connectivity index (χ1n) is 7.47. The molecule has 3 rings (SSSR count). The molecule has 0 saturated carbocycles. The van der Waals surface area contributed by atoms with Crippen LogP contribution in [0.1, 0.15) is 17.9 Å². The zero-order chi connectivity index (χ0) is 17.3. The van der Waals surface area contributed by atoms with Gasteiger partial charge in [0.2, 0.25) is 11.8 Å². The fourth-order valence-electron chi connectivity index (χ4n) is 2.63. The zero-order valence-corrected chi connectivity index (χ0v) is 13.3. The highest BCUT2D eigenvalue weighted by atomic mass is 19.1. The average Bonchev–Trinajstić information content (AvgIpc) is 2.54. The molecule has 1 aliphatic heterocycles. The first-order chi connectivity index (χ1) is 11.4. The van der Waals surface area contributed by atoms with Gasteiger partial charge in [-0.2, -0.15) is 0 Å². The van der Waals surface area contributed by atoms with E-state index in [-0.39, 0.29) is 18.2 Å². The van der Waals surface area contributed by atoms with Crippen LogP contribution in [0.3, 0.4) is 0 Å². The lowest BCUT2D eigenvalue weighted by molar-refractivity contribution is -0.123. The van der Waals surface area contributed by atoms with Crippen LogP contribution < -0.4 is 15.5 Å². The third-order valence-electron chi connectivity index (χ3n) is 3.84. The smallest absolute Gasteiger partial charge is 0.232 e. The van der Waals surface area contributed by atoms with E-state index in [2.05, 4.69) is 15.6 Å². The van der Waals surface area contributed by atoms with E-state index in [0.29, 0.717) is 16.9 Å². The predicted molar refractivity (Wildman–Crippen MR) is 89.6 cm³/mol. The first kappa shape index (κ1) is 15.9. The summed E-state index contributed by atoms with van der Waals surface area (Å²) in [5.41, 5.74) is 1.49. The molecule has 0 radical (unpaired) electrons. The molecule has 124 valence electrons. The number of halogens is 1. The molecule has 7 heteroatoms. The van der Waals surface area contributed by atoms with Gasteiger partial charge in [-0.15, -0.1) is 0 Å². The number of hydrogen-bond acceptors (Lipinski definition) is 4. The maximum absolute atomic E-state index is 13.3. The summed E-state index contributed by atoms with van der Waals surface area (Å²) in [4.78, 5) is 30.4. The Morgan fingerprint density at radius 2 is 2.12 bits per heavy atom. The van der Waals surface area contributed by atoms with Crippen molar-refractivity contribution in [3.05, 3.63) is 47.9 Å². The quantitative estimate of drug-likeness (QED) is 0.907.